The van der Waals surface area contributed by atoms with E-state index < -0.39 is 0 Å². The van der Waals surface area contributed by atoms with Crippen LogP contribution in [0.15, 0.2) is 52.2 Å². The van der Waals surface area contributed by atoms with Crippen LogP contribution >= 0.6 is 11.8 Å². The monoisotopic (exact) mass is 424 g/mol. The number of hydrogen-bond acceptors (Lipinski definition) is 5. The second kappa shape index (κ2) is 8.30. The molecule has 0 spiro atoms. The normalized spacial score (nSPS) is 14.1. The molecular formula is C23H28N4O2S. The van der Waals surface area contributed by atoms with Crippen LogP contribution in [-0.2, 0) is 16.8 Å². The largest absolute Gasteiger partial charge is 0.467 e. The second-order valence-electron chi connectivity index (χ2n) is 8.82. The summed E-state index contributed by atoms with van der Waals surface area (Å²) in [6.07, 6.45) is 3.88. The lowest BCUT2D eigenvalue weighted by Gasteiger charge is -2.19. The highest BCUT2D eigenvalue weighted by atomic mass is 32.2. The molecule has 1 aromatic carbocycles. The van der Waals surface area contributed by atoms with Crippen molar-refractivity contribution in [3.8, 4) is 11.4 Å². The predicted octanol–water partition coefficient (Wildman–Crippen LogP) is 4.60. The Hall–Kier alpha value is -2.54. The van der Waals surface area contributed by atoms with E-state index in [2.05, 4.69) is 55.2 Å². The van der Waals surface area contributed by atoms with E-state index in [0.717, 1.165) is 35.1 Å². The summed E-state index contributed by atoms with van der Waals surface area (Å²) < 4.78 is 7.59. The van der Waals surface area contributed by atoms with E-state index in [9.17, 15) is 4.79 Å². The van der Waals surface area contributed by atoms with Crippen LogP contribution in [0.4, 0.5) is 0 Å². The standard InChI is InChI=1S/C23H28N4O2S/c1-23(2,3)17-9-7-16(8-10-17)21-24-25-22(27(21)14-19-6-5-13-29-19)30-15-20(28)26(4)18-11-12-18/h5-10,13,18H,11-12,14-15H2,1-4H3. The minimum atomic E-state index is 0.0926. The Kier molecular flexibility index (Phi) is 5.73. The molecule has 1 amide bonds. The molecular weight excluding hydrogens is 396 g/mol. The Morgan fingerprint density at radius 1 is 1.20 bits per heavy atom. The van der Waals surface area contributed by atoms with Gasteiger partial charge in [-0.2, -0.15) is 0 Å². The number of furan rings is 1. The molecule has 0 saturated heterocycles. The maximum absolute atomic E-state index is 12.5. The number of carbonyl (C=O) groups is 1. The molecule has 2 heterocycles. The molecule has 0 unspecified atom stereocenters. The fourth-order valence-electron chi connectivity index (χ4n) is 3.32. The third kappa shape index (κ3) is 4.61. The topological polar surface area (TPSA) is 64.2 Å². The predicted molar refractivity (Wildman–Crippen MR) is 118 cm³/mol. The molecule has 2 aromatic heterocycles. The molecule has 1 saturated carbocycles. The molecule has 1 fully saturated rings. The van der Waals surface area contributed by atoms with Crippen molar-refractivity contribution in [1.82, 2.24) is 19.7 Å². The van der Waals surface area contributed by atoms with Crippen LogP contribution in [0.3, 0.4) is 0 Å². The molecule has 0 atom stereocenters. The van der Waals surface area contributed by atoms with E-state index in [4.69, 9.17) is 4.42 Å². The van der Waals surface area contributed by atoms with Crippen molar-refractivity contribution in [2.45, 2.75) is 56.8 Å². The second-order valence-corrected chi connectivity index (χ2v) is 9.77. The van der Waals surface area contributed by atoms with Crippen LogP contribution in [0.1, 0.15) is 44.9 Å². The van der Waals surface area contributed by atoms with E-state index in [-0.39, 0.29) is 11.3 Å². The summed E-state index contributed by atoms with van der Waals surface area (Å²) in [6.45, 7) is 7.12. The Morgan fingerprint density at radius 3 is 2.53 bits per heavy atom. The van der Waals surface area contributed by atoms with Gasteiger partial charge in [-0.15, -0.1) is 10.2 Å². The molecule has 0 aliphatic heterocycles. The van der Waals surface area contributed by atoms with Gasteiger partial charge in [0.25, 0.3) is 0 Å². The minimum Gasteiger partial charge on any atom is -0.467 e. The molecule has 7 heteroatoms. The number of benzene rings is 1. The lowest BCUT2D eigenvalue weighted by Crippen LogP contribution is -2.30. The maximum atomic E-state index is 12.5. The summed E-state index contributed by atoms with van der Waals surface area (Å²) in [6, 6.07) is 12.7. The van der Waals surface area contributed by atoms with Gasteiger partial charge in [-0.25, -0.2) is 0 Å². The number of aromatic nitrogens is 3. The molecule has 3 aromatic rings. The Labute approximate surface area is 181 Å². The summed E-state index contributed by atoms with van der Waals surface area (Å²) in [7, 11) is 1.89. The van der Waals surface area contributed by atoms with Crippen molar-refractivity contribution in [2.75, 3.05) is 12.8 Å². The zero-order valence-electron chi connectivity index (χ0n) is 18.0. The van der Waals surface area contributed by atoms with Crippen molar-refractivity contribution in [3.05, 3.63) is 54.0 Å². The summed E-state index contributed by atoms with van der Waals surface area (Å²) in [5.74, 6) is 2.08. The van der Waals surface area contributed by atoms with Crippen LogP contribution in [-0.4, -0.2) is 44.4 Å². The SMILES string of the molecule is CN(C(=O)CSc1nnc(-c2ccc(C(C)(C)C)cc2)n1Cc1ccco1)C1CC1. The van der Waals surface area contributed by atoms with Crippen LogP contribution in [0.5, 0.6) is 0 Å². The molecule has 30 heavy (non-hydrogen) atoms. The van der Waals surface area contributed by atoms with E-state index in [1.807, 2.05) is 28.6 Å². The number of amides is 1. The number of thioether (sulfide) groups is 1. The fourth-order valence-corrected chi connectivity index (χ4v) is 4.18. The van der Waals surface area contributed by atoms with Crippen molar-refractivity contribution >= 4 is 17.7 Å². The number of hydrogen-bond donors (Lipinski definition) is 0. The van der Waals surface area contributed by atoms with Gasteiger partial charge in [-0.3, -0.25) is 9.36 Å². The molecule has 0 radical (unpaired) electrons. The lowest BCUT2D eigenvalue weighted by atomic mass is 9.87. The maximum Gasteiger partial charge on any atom is 0.233 e. The first-order valence-corrected chi connectivity index (χ1v) is 11.3. The lowest BCUT2D eigenvalue weighted by molar-refractivity contribution is -0.127. The van der Waals surface area contributed by atoms with Gasteiger partial charge in [-0.1, -0.05) is 56.8 Å². The number of carbonyl (C=O) groups excluding carboxylic acids is 1. The quantitative estimate of drug-likeness (QED) is 0.519. The number of nitrogens with zero attached hydrogens (tertiary/aromatic N) is 4. The third-order valence-corrected chi connectivity index (χ3v) is 6.38. The van der Waals surface area contributed by atoms with Gasteiger partial charge in [0.05, 0.1) is 18.6 Å². The molecule has 1 aliphatic carbocycles. The van der Waals surface area contributed by atoms with Crippen molar-refractivity contribution in [3.63, 3.8) is 0 Å². The van der Waals surface area contributed by atoms with Crippen molar-refractivity contribution in [2.24, 2.45) is 0 Å². The van der Waals surface area contributed by atoms with Gasteiger partial charge in [0.1, 0.15) is 5.76 Å². The molecule has 1 aliphatic rings. The molecule has 0 bridgehead atoms. The first-order valence-electron chi connectivity index (χ1n) is 10.3. The average Bonchev–Trinajstić information content (AvgIpc) is 3.30. The van der Waals surface area contributed by atoms with Crippen LogP contribution in [0.2, 0.25) is 0 Å². The number of rotatable bonds is 7. The highest BCUT2D eigenvalue weighted by Crippen LogP contribution is 2.30. The summed E-state index contributed by atoms with van der Waals surface area (Å²) in [4.78, 5) is 14.3. The highest BCUT2D eigenvalue weighted by molar-refractivity contribution is 7.99. The fraction of sp³-hybridized carbons (Fsp3) is 0.435. The minimum absolute atomic E-state index is 0.0926. The molecule has 158 valence electrons. The molecule has 6 nitrogen and oxygen atoms in total. The zero-order chi connectivity index (χ0) is 21.3. The smallest absolute Gasteiger partial charge is 0.233 e. The van der Waals surface area contributed by atoms with Gasteiger partial charge in [0.2, 0.25) is 5.91 Å². The van der Waals surface area contributed by atoms with Gasteiger partial charge >= 0.3 is 0 Å². The van der Waals surface area contributed by atoms with Crippen LogP contribution in [0, 0.1) is 0 Å². The average molecular weight is 425 g/mol. The van der Waals surface area contributed by atoms with E-state index >= 15 is 0 Å². The van der Waals surface area contributed by atoms with E-state index in [1.54, 1.807) is 6.26 Å². The summed E-state index contributed by atoms with van der Waals surface area (Å²) in [5.41, 5.74) is 2.36. The van der Waals surface area contributed by atoms with Gasteiger partial charge in [0.15, 0.2) is 11.0 Å². The van der Waals surface area contributed by atoms with Crippen molar-refractivity contribution < 1.29 is 9.21 Å². The summed E-state index contributed by atoms with van der Waals surface area (Å²) in [5, 5.41) is 9.58. The van der Waals surface area contributed by atoms with Crippen molar-refractivity contribution in [1.29, 1.82) is 0 Å². The van der Waals surface area contributed by atoms with E-state index in [0.29, 0.717) is 18.3 Å². The third-order valence-electron chi connectivity index (χ3n) is 5.43. The Morgan fingerprint density at radius 2 is 1.93 bits per heavy atom. The van der Waals surface area contributed by atoms with Gasteiger partial charge in [0, 0.05) is 18.7 Å². The molecule has 4 rings (SSSR count). The Bertz CT molecular complexity index is 999. The Balaban J connectivity index is 1.59. The molecule has 0 N–H and O–H groups in total. The zero-order valence-corrected chi connectivity index (χ0v) is 18.8. The first-order chi connectivity index (χ1) is 14.3. The van der Waals surface area contributed by atoms with Crippen LogP contribution in [0.25, 0.3) is 11.4 Å². The van der Waals surface area contributed by atoms with Gasteiger partial charge in [-0.05, 0) is 36.0 Å². The van der Waals surface area contributed by atoms with E-state index in [1.165, 1.54) is 17.3 Å². The van der Waals surface area contributed by atoms with Gasteiger partial charge < -0.3 is 9.32 Å². The first kappa shape index (κ1) is 20.7. The summed E-state index contributed by atoms with van der Waals surface area (Å²) >= 11 is 1.43. The van der Waals surface area contributed by atoms with Crippen LogP contribution < -0.4 is 0 Å². The highest BCUT2D eigenvalue weighted by Gasteiger charge is 2.29.